The van der Waals surface area contributed by atoms with Gasteiger partial charge < -0.3 is 19.4 Å². The molecule has 1 aliphatic heterocycles. The molecule has 1 fully saturated rings. The predicted octanol–water partition coefficient (Wildman–Crippen LogP) is 0.551. The summed E-state index contributed by atoms with van der Waals surface area (Å²) in [6.45, 7) is 1.22. The lowest BCUT2D eigenvalue weighted by Gasteiger charge is -2.35. The maximum Gasteiger partial charge on any atom is 0.337 e. The van der Waals surface area contributed by atoms with Crippen molar-refractivity contribution in [2.45, 2.75) is 10.9 Å². The minimum absolute atomic E-state index is 0.0750. The number of ether oxygens (including phenoxy) is 2. The third-order valence-corrected chi connectivity index (χ3v) is 6.45. The second-order valence-electron chi connectivity index (χ2n) is 6.09. The van der Waals surface area contributed by atoms with Gasteiger partial charge in [-0.1, -0.05) is 0 Å². The molecular weight excluding hydrogens is 372 g/mol. The molecule has 1 N–H and O–H groups in total. The van der Waals surface area contributed by atoms with Crippen molar-refractivity contribution < 1.29 is 22.7 Å². The second kappa shape index (κ2) is 7.67. The Bertz CT molecular complexity index is 941. The fourth-order valence-corrected chi connectivity index (χ4v) is 4.91. The van der Waals surface area contributed by atoms with E-state index in [0.29, 0.717) is 18.9 Å². The molecule has 10 heteroatoms. The number of aryl methyl sites for hydroxylation is 1. The normalized spacial score (nSPS) is 18.3. The van der Waals surface area contributed by atoms with E-state index in [1.807, 2.05) is 7.05 Å². The van der Waals surface area contributed by atoms with Gasteiger partial charge >= 0.3 is 5.97 Å². The number of carbonyl (C=O) groups excluding carboxylic acids is 1. The number of carbonyl (C=O) groups is 1. The van der Waals surface area contributed by atoms with E-state index in [0.717, 1.165) is 0 Å². The van der Waals surface area contributed by atoms with Gasteiger partial charge in [-0.2, -0.15) is 4.31 Å². The first-order chi connectivity index (χ1) is 12.9. The molecule has 1 aliphatic rings. The van der Waals surface area contributed by atoms with Crippen molar-refractivity contribution in [2.75, 3.05) is 33.9 Å². The zero-order chi connectivity index (χ0) is 19.6. The summed E-state index contributed by atoms with van der Waals surface area (Å²) < 4.78 is 40.1. The van der Waals surface area contributed by atoms with E-state index in [9.17, 15) is 13.2 Å². The van der Waals surface area contributed by atoms with Crippen LogP contribution in [0, 0.1) is 0 Å². The molecule has 0 spiro atoms. The van der Waals surface area contributed by atoms with Crippen LogP contribution in [0.4, 0.5) is 0 Å². The molecule has 146 valence electrons. The number of sulfonamides is 1. The standard InChI is InChI=1S/C17H22N4O5S/c1-20-8-7-19-16(20)13-11-18-6-9-21(13)27(23,24)15-10-12(17(22)26-3)4-5-14(15)25-2/h4-5,7-8,10,13,18H,6,9,11H2,1-3H3. The van der Waals surface area contributed by atoms with Gasteiger partial charge in [-0.05, 0) is 18.2 Å². The first-order valence-electron chi connectivity index (χ1n) is 8.36. The fourth-order valence-electron chi connectivity index (χ4n) is 3.14. The monoisotopic (exact) mass is 394 g/mol. The Morgan fingerprint density at radius 3 is 2.74 bits per heavy atom. The highest BCUT2D eigenvalue weighted by atomic mass is 32.2. The number of aromatic nitrogens is 2. The summed E-state index contributed by atoms with van der Waals surface area (Å²) in [6, 6.07) is 3.74. The van der Waals surface area contributed by atoms with Crippen molar-refractivity contribution in [2.24, 2.45) is 7.05 Å². The lowest BCUT2D eigenvalue weighted by atomic mass is 10.2. The number of hydrogen-bond acceptors (Lipinski definition) is 7. The minimum Gasteiger partial charge on any atom is -0.495 e. The van der Waals surface area contributed by atoms with Crippen molar-refractivity contribution in [3.05, 3.63) is 42.0 Å². The third kappa shape index (κ3) is 3.55. The summed E-state index contributed by atoms with van der Waals surface area (Å²) in [5, 5.41) is 3.21. The number of rotatable bonds is 5. The SMILES string of the molecule is COC(=O)c1ccc(OC)c(S(=O)(=O)N2CCNCC2c2nccn2C)c1. The number of nitrogens with zero attached hydrogens (tertiary/aromatic N) is 3. The summed E-state index contributed by atoms with van der Waals surface area (Å²) in [4.78, 5) is 16.1. The lowest BCUT2D eigenvalue weighted by Crippen LogP contribution is -2.49. The summed E-state index contributed by atoms with van der Waals surface area (Å²) in [5.74, 6) is 0.184. The molecular formula is C17H22N4O5S. The average Bonchev–Trinajstić information content (AvgIpc) is 3.12. The number of piperazine rings is 1. The summed E-state index contributed by atoms with van der Waals surface area (Å²) in [7, 11) is 0.499. The molecule has 0 amide bonds. The van der Waals surface area contributed by atoms with Crippen LogP contribution in [0.2, 0.25) is 0 Å². The summed E-state index contributed by atoms with van der Waals surface area (Å²) >= 11 is 0. The predicted molar refractivity (Wildman–Crippen MR) is 97.0 cm³/mol. The molecule has 1 aromatic heterocycles. The van der Waals surface area contributed by atoms with Crippen molar-refractivity contribution >= 4 is 16.0 Å². The first-order valence-corrected chi connectivity index (χ1v) is 9.80. The van der Waals surface area contributed by atoms with Gasteiger partial charge in [0.2, 0.25) is 10.0 Å². The molecule has 2 heterocycles. The number of imidazole rings is 1. The maximum absolute atomic E-state index is 13.5. The lowest BCUT2D eigenvalue weighted by molar-refractivity contribution is 0.0600. The minimum atomic E-state index is -3.95. The summed E-state index contributed by atoms with van der Waals surface area (Å²) in [6.07, 6.45) is 3.40. The van der Waals surface area contributed by atoms with Crippen LogP contribution in [0.15, 0.2) is 35.5 Å². The molecule has 1 atom stereocenters. The Kier molecular flexibility index (Phi) is 5.49. The number of benzene rings is 1. The highest BCUT2D eigenvalue weighted by molar-refractivity contribution is 7.89. The highest BCUT2D eigenvalue weighted by Crippen LogP contribution is 2.33. The third-order valence-electron chi connectivity index (χ3n) is 4.52. The van der Waals surface area contributed by atoms with Crippen molar-refractivity contribution in [3.63, 3.8) is 0 Å². The van der Waals surface area contributed by atoms with E-state index in [1.165, 1.54) is 36.7 Å². The van der Waals surface area contributed by atoms with E-state index in [1.54, 1.807) is 17.0 Å². The quantitative estimate of drug-likeness (QED) is 0.739. The fraction of sp³-hybridized carbons (Fsp3) is 0.412. The smallest absolute Gasteiger partial charge is 0.337 e. The Morgan fingerprint density at radius 2 is 2.11 bits per heavy atom. The van der Waals surface area contributed by atoms with Gasteiger partial charge in [0.25, 0.3) is 0 Å². The van der Waals surface area contributed by atoms with Crippen LogP contribution in [-0.2, 0) is 21.8 Å². The molecule has 0 saturated carbocycles. The van der Waals surface area contributed by atoms with Crippen molar-refractivity contribution in [1.29, 1.82) is 0 Å². The van der Waals surface area contributed by atoms with Crippen LogP contribution in [0.25, 0.3) is 0 Å². The Hall–Kier alpha value is -2.43. The first kappa shape index (κ1) is 19.3. The molecule has 0 radical (unpaired) electrons. The topological polar surface area (TPSA) is 103 Å². The Balaban J connectivity index is 2.09. The molecule has 2 aromatic rings. The van der Waals surface area contributed by atoms with Gasteiger partial charge in [-0.25, -0.2) is 18.2 Å². The highest BCUT2D eigenvalue weighted by Gasteiger charge is 2.38. The van der Waals surface area contributed by atoms with Crippen LogP contribution in [0.3, 0.4) is 0 Å². The Labute approximate surface area is 158 Å². The van der Waals surface area contributed by atoms with Gasteiger partial charge in [0, 0.05) is 39.1 Å². The van der Waals surface area contributed by atoms with Crippen molar-refractivity contribution in [3.8, 4) is 5.75 Å². The van der Waals surface area contributed by atoms with Gasteiger partial charge in [0.15, 0.2) is 0 Å². The van der Waals surface area contributed by atoms with Gasteiger partial charge in [-0.15, -0.1) is 0 Å². The van der Waals surface area contributed by atoms with Gasteiger partial charge in [-0.3, -0.25) is 0 Å². The zero-order valence-electron chi connectivity index (χ0n) is 15.4. The second-order valence-corrected chi connectivity index (χ2v) is 7.95. The van der Waals surface area contributed by atoms with E-state index in [4.69, 9.17) is 9.47 Å². The number of hydrogen-bond donors (Lipinski definition) is 1. The largest absolute Gasteiger partial charge is 0.495 e. The molecule has 3 rings (SSSR count). The number of esters is 1. The summed E-state index contributed by atoms with van der Waals surface area (Å²) in [5.41, 5.74) is 0.139. The van der Waals surface area contributed by atoms with E-state index in [2.05, 4.69) is 10.3 Å². The molecule has 27 heavy (non-hydrogen) atoms. The molecule has 0 bridgehead atoms. The molecule has 1 aromatic carbocycles. The van der Waals surface area contributed by atoms with Crippen LogP contribution in [-0.4, -0.2) is 62.1 Å². The number of methoxy groups -OCH3 is 2. The molecule has 9 nitrogen and oxygen atoms in total. The van der Waals surface area contributed by atoms with Crippen LogP contribution >= 0.6 is 0 Å². The molecule has 1 saturated heterocycles. The number of nitrogens with one attached hydrogen (secondary N) is 1. The molecule has 1 unspecified atom stereocenters. The Morgan fingerprint density at radius 1 is 1.33 bits per heavy atom. The zero-order valence-corrected chi connectivity index (χ0v) is 16.2. The van der Waals surface area contributed by atoms with Crippen LogP contribution < -0.4 is 10.1 Å². The van der Waals surface area contributed by atoms with E-state index < -0.39 is 22.0 Å². The van der Waals surface area contributed by atoms with Gasteiger partial charge in [0.1, 0.15) is 16.5 Å². The van der Waals surface area contributed by atoms with E-state index >= 15 is 0 Å². The molecule has 0 aliphatic carbocycles. The van der Waals surface area contributed by atoms with Crippen molar-refractivity contribution in [1.82, 2.24) is 19.2 Å². The van der Waals surface area contributed by atoms with E-state index in [-0.39, 0.29) is 22.8 Å². The maximum atomic E-state index is 13.5. The van der Waals surface area contributed by atoms with Gasteiger partial charge in [0.05, 0.1) is 25.8 Å². The average molecular weight is 394 g/mol. The van der Waals surface area contributed by atoms with Crippen LogP contribution in [0.1, 0.15) is 22.2 Å². The van der Waals surface area contributed by atoms with Crippen LogP contribution in [0.5, 0.6) is 5.75 Å².